The predicted molar refractivity (Wildman–Crippen MR) is 51.2 cm³/mol. The van der Waals surface area contributed by atoms with E-state index in [0.717, 1.165) is 0 Å². The molecule has 0 aliphatic heterocycles. The molecule has 2 rings (SSSR count). The van der Waals surface area contributed by atoms with Gasteiger partial charge in [0.1, 0.15) is 10.7 Å². The van der Waals surface area contributed by atoms with Crippen LogP contribution in [0.5, 0.6) is 5.88 Å². The average molecular weight is 231 g/mol. The summed E-state index contributed by atoms with van der Waals surface area (Å²) in [5, 5.41) is 0.847. The lowest BCUT2D eigenvalue weighted by molar-refractivity contribution is -0.0518. The maximum Gasteiger partial charge on any atom is 0.388 e. The summed E-state index contributed by atoms with van der Waals surface area (Å²) in [5.74, 6) is -0.218. The Kier molecular flexibility index (Phi) is 2.64. The van der Waals surface area contributed by atoms with Crippen molar-refractivity contribution >= 4 is 22.5 Å². The molecule has 0 bridgehead atoms. The highest BCUT2D eigenvalue weighted by molar-refractivity contribution is 6.29. The number of pyridine rings is 2. The van der Waals surface area contributed by atoms with E-state index in [9.17, 15) is 8.78 Å². The highest BCUT2D eigenvalue weighted by atomic mass is 35.5. The van der Waals surface area contributed by atoms with Gasteiger partial charge in [0.05, 0.1) is 0 Å². The van der Waals surface area contributed by atoms with Gasteiger partial charge in [-0.05, 0) is 18.2 Å². The zero-order valence-electron chi connectivity index (χ0n) is 7.32. The van der Waals surface area contributed by atoms with E-state index in [1.165, 1.54) is 6.20 Å². The normalized spacial score (nSPS) is 10.9. The van der Waals surface area contributed by atoms with Crippen LogP contribution in [0.3, 0.4) is 0 Å². The van der Waals surface area contributed by atoms with Crippen LogP contribution in [0.25, 0.3) is 10.9 Å². The van der Waals surface area contributed by atoms with Crippen molar-refractivity contribution in [3.05, 3.63) is 29.5 Å². The van der Waals surface area contributed by atoms with Gasteiger partial charge in [-0.2, -0.15) is 8.78 Å². The van der Waals surface area contributed by atoms with Crippen LogP contribution in [-0.4, -0.2) is 16.6 Å². The predicted octanol–water partition coefficient (Wildman–Crippen LogP) is 2.88. The maximum atomic E-state index is 12.0. The molecule has 15 heavy (non-hydrogen) atoms. The van der Waals surface area contributed by atoms with Gasteiger partial charge in [0.15, 0.2) is 0 Å². The van der Waals surface area contributed by atoms with Crippen LogP contribution < -0.4 is 4.74 Å². The first-order valence-electron chi connectivity index (χ1n) is 4.03. The third kappa shape index (κ3) is 2.12. The molecule has 2 heterocycles. The van der Waals surface area contributed by atoms with Crippen LogP contribution >= 0.6 is 11.6 Å². The molecule has 0 N–H and O–H groups in total. The fourth-order valence-corrected chi connectivity index (χ4v) is 1.32. The van der Waals surface area contributed by atoms with Gasteiger partial charge < -0.3 is 4.74 Å². The molecule has 0 unspecified atom stereocenters. The van der Waals surface area contributed by atoms with Gasteiger partial charge in [0.25, 0.3) is 0 Å². The molecule has 0 amide bonds. The molecule has 0 aliphatic rings. The van der Waals surface area contributed by atoms with Crippen molar-refractivity contribution in [3.8, 4) is 5.88 Å². The summed E-state index contributed by atoms with van der Waals surface area (Å²) in [6.45, 7) is -2.93. The Bertz CT molecular complexity index is 492. The highest BCUT2D eigenvalue weighted by Crippen LogP contribution is 2.23. The zero-order chi connectivity index (χ0) is 10.8. The molecule has 0 spiro atoms. The number of hydrogen-bond acceptors (Lipinski definition) is 3. The van der Waals surface area contributed by atoms with E-state index >= 15 is 0 Å². The lowest BCUT2D eigenvalue weighted by atomic mass is 10.2. The Hall–Kier alpha value is -1.49. The number of rotatable bonds is 2. The second-order valence-electron chi connectivity index (χ2n) is 2.70. The minimum atomic E-state index is -2.93. The summed E-state index contributed by atoms with van der Waals surface area (Å²) in [6, 6.07) is 4.86. The smallest absolute Gasteiger partial charge is 0.388 e. The topological polar surface area (TPSA) is 35.0 Å². The monoisotopic (exact) mass is 230 g/mol. The quantitative estimate of drug-likeness (QED) is 0.744. The first-order chi connectivity index (χ1) is 7.16. The van der Waals surface area contributed by atoms with Crippen molar-refractivity contribution in [3.63, 3.8) is 0 Å². The van der Waals surface area contributed by atoms with E-state index in [1.807, 2.05) is 0 Å². The number of fused-ring (bicyclic) bond motifs is 1. The van der Waals surface area contributed by atoms with Crippen molar-refractivity contribution in [2.75, 3.05) is 0 Å². The summed E-state index contributed by atoms with van der Waals surface area (Å²) in [5.41, 5.74) is 0.227. The molecule has 0 saturated carbocycles. The van der Waals surface area contributed by atoms with Gasteiger partial charge >= 0.3 is 6.61 Å². The van der Waals surface area contributed by atoms with E-state index in [4.69, 9.17) is 11.6 Å². The molecule has 6 heteroatoms. The lowest BCUT2D eigenvalue weighted by Crippen LogP contribution is -2.04. The molecule has 3 nitrogen and oxygen atoms in total. The first-order valence-corrected chi connectivity index (χ1v) is 4.40. The second-order valence-corrected chi connectivity index (χ2v) is 3.09. The summed E-state index contributed by atoms with van der Waals surface area (Å²) in [4.78, 5) is 7.54. The number of aromatic nitrogens is 2. The summed E-state index contributed by atoms with van der Waals surface area (Å²) >= 11 is 5.65. The van der Waals surface area contributed by atoms with E-state index in [2.05, 4.69) is 14.7 Å². The fourth-order valence-electron chi connectivity index (χ4n) is 1.17. The molecular formula is C9H5ClF2N2O. The molecule has 0 atom stereocenters. The molecule has 0 fully saturated rings. The average Bonchev–Trinajstić information content (AvgIpc) is 2.18. The minimum Gasteiger partial charge on any atom is -0.415 e. The maximum absolute atomic E-state index is 12.0. The number of nitrogens with zero attached hydrogens (tertiary/aromatic N) is 2. The lowest BCUT2D eigenvalue weighted by Gasteiger charge is -2.05. The Morgan fingerprint density at radius 3 is 2.80 bits per heavy atom. The Labute approximate surface area is 88.7 Å². The molecule has 2 aromatic heterocycles. The SMILES string of the molecule is FC(F)Oc1nccc2ccc(Cl)nc12. The van der Waals surface area contributed by atoms with Gasteiger partial charge in [0.2, 0.25) is 5.88 Å². The van der Waals surface area contributed by atoms with Gasteiger partial charge in [0, 0.05) is 11.6 Å². The van der Waals surface area contributed by atoms with Crippen LogP contribution in [0.2, 0.25) is 5.15 Å². The third-order valence-electron chi connectivity index (χ3n) is 1.74. The minimum absolute atomic E-state index is 0.203. The number of alkyl halides is 2. The molecule has 0 aromatic carbocycles. The summed E-state index contributed by atoms with van der Waals surface area (Å²) < 4.78 is 28.3. The standard InChI is InChI=1S/C9H5ClF2N2O/c10-6-2-1-5-3-4-13-8(7(5)14-6)15-9(11)12/h1-4,9H. The molecule has 0 aliphatic carbocycles. The van der Waals surface area contributed by atoms with Crippen molar-refractivity contribution < 1.29 is 13.5 Å². The zero-order valence-corrected chi connectivity index (χ0v) is 8.08. The van der Waals surface area contributed by atoms with Gasteiger partial charge in [-0.1, -0.05) is 11.6 Å². The number of halogens is 3. The van der Waals surface area contributed by atoms with Crippen LogP contribution in [0, 0.1) is 0 Å². The fraction of sp³-hybridized carbons (Fsp3) is 0.111. The summed E-state index contributed by atoms with van der Waals surface area (Å²) in [7, 11) is 0. The third-order valence-corrected chi connectivity index (χ3v) is 1.95. The van der Waals surface area contributed by atoms with Gasteiger partial charge in [-0.3, -0.25) is 0 Å². The Balaban J connectivity index is 2.58. The highest BCUT2D eigenvalue weighted by Gasteiger charge is 2.10. The van der Waals surface area contributed by atoms with E-state index < -0.39 is 6.61 Å². The van der Waals surface area contributed by atoms with E-state index in [-0.39, 0.29) is 16.5 Å². The van der Waals surface area contributed by atoms with Crippen LogP contribution in [-0.2, 0) is 0 Å². The van der Waals surface area contributed by atoms with Gasteiger partial charge in [-0.25, -0.2) is 9.97 Å². The van der Waals surface area contributed by atoms with Crippen LogP contribution in [0.4, 0.5) is 8.78 Å². The molecule has 0 saturated heterocycles. The molecule has 2 aromatic rings. The van der Waals surface area contributed by atoms with Crippen molar-refractivity contribution in [1.29, 1.82) is 0 Å². The largest absolute Gasteiger partial charge is 0.415 e. The Morgan fingerprint density at radius 1 is 1.27 bits per heavy atom. The van der Waals surface area contributed by atoms with Crippen molar-refractivity contribution in [2.45, 2.75) is 6.61 Å². The first kappa shape index (κ1) is 10.0. The van der Waals surface area contributed by atoms with Crippen molar-refractivity contribution in [1.82, 2.24) is 9.97 Å². The van der Waals surface area contributed by atoms with Gasteiger partial charge in [-0.15, -0.1) is 0 Å². The van der Waals surface area contributed by atoms with Crippen LogP contribution in [0.1, 0.15) is 0 Å². The molecule has 78 valence electrons. The number of hydrogen-bond donors (Lipinski definition) is 0. The summed E-state index contributed by atoms with van der Waals surface area (Å²) in [6.07, 6.45) is 1.37. The molecule has 0 radical (unpaired) electrons. The second kappa shape index (κ2) is 3.94. The number of ether oxygens (including phenoxy) is 1. The van der Waals surface area contributed by atoms with Crippen molar-refractivity contribution in [2.24, 2.45) is 0 Å². The van der Waals surface area contributed by atoms with E-state index in [0.29, 0.717) is 5.39 Å². The van der Waals surface area contributed by atoms with Crippen LogP contribution in [0.15, 0.2) is 24.4 Å². The Morgan fingerprint density at radius 2 is 2.07 bits per heavy atom. The molecular weight excluding hydrogens is 226 g/mol. The van der Waals surface area contributed by atoms with E-state index in [1.54, 1.807) is 18.2 Å².